The molecule has 0 bridgehead atoms. The van der Waals surface area contributed by atoms with Crippen molar-refractivity contribution in [3.63, 3.8) is 0 Å². The minimum atomic E-state index is -4.94. The van der Waals surface area contributed by atoms with Gasteiger partial charge in [0.15, 0.2) is 0 Å². The minimum absolute atomic E-state index is 1.01. The van der Waals surface area contributed by atoms with E-state index in [-0.39, 0.29) is 0 Å². The molecular weight excluding hydrogens is 340 g/mol. The Morgan fingerprint density at radius 3 is 2.30 bits per heavy atom. The first-order chi connectivity index (χ1) is 10.7. The molecule has 0 aliphatic heterocycles. The van der Waals surface area contributed by atoms with Crippen LogP contribution >= 0.6 is 11.3 Å². The van der Waals surface area contributed by atoms with Gasteiger partial charge >= 0.3 is 11.5 Å². The lowest BCUT2D eigenvalue weighted by molar-refractivity contribution is -2.00. The highest BCUT2D eigenvalue weighted by molar-refractivity contribution is 7.26. The van der Waals surface area contributed by atoms with Crippen LogP contribution in [0.2, 0.25) is 0 Å². The van der Waals surface area contributed by atoms with Crippen molar-refractivity contribution in [1.82, 2.24) is 0 Å². The molecule has 7 heteroatoms. The van der Waals surface area contributed by atoms with Gasteiger partial charge in [-0.1, -0.05) is 18.6 Å². The van der Waals surface area contributed by atoms with Gasteiger partial charge in [0.05, 0.1) is 13.3 Å². The van der Waals surface area contributed by atoms with Gasteiger partial charge in [-0.2, -0.15) is 0 Å². The first kappa shape index (κ1) is 18.1. The Morgan fingerprint density at radius 2 is 1.70 bits per heavy atom. The Kier molecular flexibility index (Phi) is 5.57. The molecule has 0 radical (unpaired) electrons. The lowest BCUT2D eigenvalue weighted by Crippen LogP contribution is -2.68. The highest BCUT2D eigenvalue weighted by Gasteiger charge is 2.19. The van der Waals surface area contributed by atoms with E-state index in [4.69, 9.17) is 23.1 Å². The van der Waals surface area contributed by atoms with E-state index < -0.39 is 10.2 Å². The lowest BCUT2D eigenvalue weighted by Gasteiger charge is -2.17. The Hall–Kier alpha value is -1.28. The maximum absolute atomic E-state index is 8.49. The van der Waals surface area contributed by atoms with Crippen LogP contribution in [0.4, 0.5) is 0 Å². The van der Waals surface area contributed by atoms with E-state index in [1.807, 2.05) is 18.3 Å². The van der Waals surface area contributed by atoms with Crippen molar-refractivity contribution in [1.29, 1.82) is 0 Å². The smallest absolute Gasteiger partial charge is 0.222 e. The second kappa shape index (κ2) is 7.09. The average molecular weight is 357 g/mol. The SMILES string of the molecule is CCCc1[o+]c(C)cc2c1sc1ccc(C)cc12.[O-][Cl+3]([O-])([O-])[O-]. The molecule has 2 aromatic heterocycles. The number of thiophene rings is 1. The number of halogens is 1. The summed E-state index contributed by atoms with van der Waals surface area (Å²) in [5.74, 6) is 2.15. The van der Waals surface area contributed by atoms with Crippen LogP contribution in [0.3, 0.4) is 0 Å². The molecule has 0 saturated heterocycles. The van der Waals surface area contributed by atoms with Gasteiger partial charge in [-0.3, -0.25) is 0 Å². The summed E-state index contributed by atoms with van der Waals surface area (Å²) >= 11 is 1.85. The number of benzene rings is 1. The van der Waals surface area contributed by atoms with Crippen molar-refractivity contribution < 1.29 is 33.3 Å². The van der Waals surface area contributed by atoms with E-state index in [2.05, 4.69) is 38.1 Å². The fourth-order valence-electron chi connectivity index (χ4n) is 2.45. The van der Waals surface area contributed by atoms with Gasteiger partial charge in [-0.05, 0) is 25.5 Å². The summed E-state index contributed by atoms with van der Waals surface area (Å²) < 4.78 is 42.6. The third-order valence-corrected chi connectivity index (χ3v) is 4.47. The number of hydrogen-bond acceptors (Lipinski definition) is 5. The summed E-state index contributed by atoms with van der Waals surface area (Å²) in [4.78, 5) is 0. The summed E-state index contributed by atoms with van der Waals surface area (Å²) in [6.07, 6.45) is 2.14. The summed E-state index contributed by atoms with van der Waals surface area (Å²) in [5.41, 5.74) is 1.32. The number of fused-ring (bicyclic) bond motifs is 3. The molecule has 0 N–H and O–H groups in total. The number of rotatable bonds is 2. The van der Waals surface area contributed by atoms with Crippen LogP contribution in [0.15, 0.2) is 28.7 Å². The first-order valence-electron chi connectivity index (χ1n) is 7.06. The molecule has 5 nitrogen and oxygen atoms in total. The highest BCUT2D eigenvalue weighted by Crippen LogP contribution is 2.37. The molecule has 2 heterocycles. The quantitative estimate of drug-likeness (QED) is 0.630. The van der Waals surface area contributed by atoms with Gasteiger partial charge in [0.1, 0.15) is 4.70 Å². The zero-order valence-corrected chi connectivity index (χ0v) is 14.6. The number of aryl methyl sites for hydroxylation is 3. The third kappa shape index (κ3) is 4.84. The van der Waals surface area contributed by atoms with Gasteiger partial charge in [0.2, 0.25) is 0 Å². The molecule has 3 rings (SSSR count). The van der Waals surface area contributed by atoms with Crippen LogP contribution in [-0.4, -0.2) is 0 Å². The molecule has 0 saturated carbocycles. The normalized spacial score (nSPS) is 11.6. The van der Waals surface area contributed by atoms with E-state index in [0.717, 1.165) is 24.4 Å². The van der Waals surface area contributed by atoms with Crippen LogP contribution in [0.1, 0.15) is 30.4 Å². The Bertz CT molecular complexity index is 817. The molecule has 23 heavy (non-hydrogen) atoms. The maximum atomic E-state index is 8.49. The monoisotopic (exact) mass is 356 g/mol. The average Bonchev–Trinajstić information content (AvgIpc) is 2.75. The molecule has 0 unspecified atom stereocenters. The van der Waals surface area contributed by atoms with E-state index >= 15 is 0 Å². The van der Waals surface area contributed by atoms with Crippen LogP contribution in [-0.2, 0) is 6.42 Å². The summed E-state index contributed by atoms with van der Waals surface area (Å²) in [6, 6.07) is 8.86. The molecule has 0 aliphatic rings. The van der Waals surface area contributed by atoms with E-state index in [1.54, 1.807) is 0 Å². The van der Waals surface area contributed by atoms with Gasteiger partial charge < -0.3 is 0 Å². The van der Waals surface area contributed by atoms with Crippen molar-refractivity contribution in [3.05, 3.63) is 41.3 Å². The largest absolute Gasteiger partial charge is 0.347 e. The van der Waals surface area contributed by atoms with E-state index in [9.17, 15) is 0 Å². The molecule has 0 amide bonds. The van der Waals surface area contributed by atoms with E-state index in [0.29, 0.717) is 0 Å². The van der Waals surface area contributed by atoms with Crippen LogP contribution < -0.4 is 18.6 Å². The first-order valence-corrected chi connectivity index (χ1v) is 9.11. The molecule has 124 valence electrons. The van der Waals surface area contributed by atoms with Crippen LogP contribution in [0.25, 0.3) is 20.2 Å². The molecule has 0 spiro atoms. The summed E-state index contributed by atoms with van der Waals surface area (Å²) in [7, 11) is -4.94. The maximum Gasteiger partial charge on any atom is 0.347 e. The number of hydrogen-bond donors (Lipinski definition) is 0. The fraction of sp³-hybridized carbons (Fsp3) is 0.312. The van der Waals surface area contributed by atoms with E-state index in [1.165, 1.54) is 25.7 Å². The lowest BCUT2D eigenvalue weighted by atomic mass is 10.1. The van der Waals surface area contributed by atoms with Crippen molar-refractivity contribution in [2.24, 2.45) is 0 Å². The van der Waals surface area contributed by atoms with Crippen molar-refractivity contribution >= 4 is 31.5 Å². The van der Waals surface area contributed by atoms with Gasteiger partial charge in [-0.25, -0.2) is 23.1 Å². The Labute approximate surface area is 140 Å². The molecule has 0 fully saturated rings. The topological polar surface area (TPSA) is 104 Å². The Morgan fingerprint density at radius 1 is 1.04 bits per heavy atom. The van der Waals surface area contributed by atoms with Gasteiger partial charge in [-0.15, -0.1) is 21.6 Å². The van der Waals surface area contributed by atoms with Crippen molar-refractivity contribution in [2.45, 2.75) is 33.6 Å². The second-order valence-corrected chi connectivity index (χ2v) is 7.06. The molecule has 1 aromatic carbocycles. The highest BCUT2D eigenvalue weighted by atomic mass is 35.7. The third-order valence-electron chi connectivity index (χ3n) is 3.24. The van der Waals surface area contributed by atoms with Crippen molar-refractivity contribution in [3.8, 4) is 0 Å². The zero-order valence-electron chi connectivity index (χ0n) is 13.1. The minimum Gasteiger partial charge on any atom is -0.222 e. The Balaban J connectivity index is 0.000000338. The zero-order chi connectivity index (χ0) is 17.2. The standard InChI is InChI=1S/C16H17OS.ClHO4/c1-4-5-14-16-13(9-11(3)17-14)12-8-10(2)6-7-15(12)18-16;2-1(3,4)5/h6-9H,4-5H2,1-3H3;(H,2,3,4,5)/q+1;/p-1. The fourth-order valence-corrected chi connectivity index (χ4v) is 3.62. The van der Waals surface area contributed by atoms with Crippen molar-refractivity contribution in [2.75, 3.05) is 0 Å². The summed E-state index contributed by atoms with van der Waals surface area (Å²) in [6.45, 7) is 6.38. The molecule has 0 aliphatic carbocycles. The predicted octanol–water partition coefficient (Wildman–Crippen LogP) is 0.742. The summed E-state index contributed by atoms with van der Waals surface area (Å²) in [5, 5.41) is 2.72. The van der Waals surface area contributed by atoms with Gasteiger partial charge in [0.25, 0.3) is 0 Å². The molecule has 0 atom stereocenters. The molecular formula is C16H17ClO5S. The van der Waals surface area contributed by atoms with Gasteiger partial charge in [0, 0.05) is 21.5 Å². The van der Waals surface area contributed by atoms with Crippen LogP contribution in [0, 0.1) is 24.1 Å². The molecule has 3 aromatic rings. The second-order valence-electron chi connectivity index (χ2n) is 5.25. The van der Waals surface area contributed by atoms with Crippen LogP contribution in [0.5, 0.6) is 0 Å². The predicted molar refractivity (Wildman–Crippen MR) is 79.5 cm³/mol.